The van der Waals surface area contributed by atoms with Gasteiger partial charge in [-0.2, -0.15) is 0 Å². The smallest absolute Gasteiger partial charge is 0.262 e. The van der Waals surface area contributed by atoms with E-state index in [-0.39, 0.29) is 18.0 Å². The van der Waals surface area contributed by atoms with Crippen molar-refractivity contribution in [3.05, 3.63) is 84.2 Å². The summed E-state index contributed by atoms with van der Waals surface area (Å²) < 4.78 is 41.4. The van der Waals surface area contributed by atoms with Gasteiger partial charge in [0.05, 0.1) is 18.0 Å². The van der Waals surface area contributed by atoms with Crippen molar-refractivity contribution in [2.45, 2.75) is 11.8 Å². The molecule has 0 aliphatic rings. The van der Waals surface area contributed by atoms with E-state index in [4.69, 9.17) is 0 Å². The van der Waals surface area contributed by atoms with Gasteiger partial charge in [-0.1, -0.05) is 30.3 Å². The highest BCUT2D eigenvalue weighted by atomic mass is 32.2. The molecule has 10 heteroatoms. The van der Waals surface area contributed by atoms with Gasteiger partial charge in [-0.3, -0.25) is 19.2 Å². The Labute approximate surface area is 197 Å². The van der Waals surface area contributed by atoms with E-state index >= 15 is 0 Å². The number of anilines is 3. The van der Waals surface area contributed by atoms with E-state index in [1.54, 1.807) is 62.5 Å². The van der Waals surface area contributed by atoms with Crippen molar-refractivity contribution < 1.29 is 22.4 Å². The second kappa shape index (κ2) is 10.9. The number of carbonyl (C=O) groups excluding carboxylic acids is 2. The Morgan fingerprint density at radius 3 is 2.03 bits per heavy atom. The van der Waals surface area contributed by atoms with Gasteiger partial charge in [-0.15, -0.1) is 0 Å². The first kappa shape index (κ1) is 24.9. The molecule has 0 aromatic heterocycles. The lowest BCUT2D eigenvalue weighted by molar-refractivity contribution is -0.119. The molecular weight excluding hydrogens is 459 g/mol. The van der Waals surface area contributed by atoms with Crippen LogP contribution in [-0.2, 0) is 19.6 Å². The zero-order valence-electron chi connectivity index (χ0n) is 18.7. The molecule has 0 aliphatic carbocycles. The third-order valence-corrected chi connectivity index (χ3v) is 6.25. The van der Waals surface area contributed by atoms with Crippen LogP contribution in [0.25, 0.3) is 0 Å². The number of nitrogens with one attached hydrogen (secondary N) is 3. The Hall–Kier alpha value is -3.76. The highest BCUT2D eigenvalue weighted by molar-refractivity contribution is 7.92. The maximum absolute atomic E-state index is 13.2. The Morgan fingerprint density at radius 1 is 0.824 bits per heavy atom. The number of hydrogen-bond acceptors (Lipinski definition) is 5. The summed E-state index contributed by atoms with van der Waals surface area (Å²) in [6.07, 6.45) is 0. The Bertz CT molecular complexity index is 1280. The number of sulfonamides is 1. The summed E-state index contributed by atoms with van der Waals surface area (Å²) in [5.74, 6) is -1.30. The summed E-state index contributed by atoms with van der Waals surface area (Å²) in [5.41, 5.74) is 1.57. The number of benzene rings is 3. The van der Waals surface area contributed by atoms with E-state index in [1.807, 2.05) is 0 Å². The average Bonchev–Trinajstić information content (AvgIpc) is 2.75. The summed E-state index contributed by atoms with van der Waals surface area (Å²) in [4.78, 5) is 26.1. The number of carbonyl (C=O) groups is 2. The molecule has 34 heavy (non-hydrogen) atoms. The molecule has 3 aromatic rings. The van der Waals surface area contributed by atoms with Gasteiger partial charge < -0.3 is 10.6 Å². The van der Waals surface area contributed by atoms with Crippen molar-refractivity contribution in [2.75, 3.05) is 35.5 Å². The maximum atomic E-state index is 13.2. The number of halogens is 1. The lowest BCUT2D eigenvalue weighted by Crippen LogP contribution is -2.36. The van der Waals surface area contributed by atoms with Crippen molar-refractivity contribution in [2.24, 2.45) is 0 Å². The molecule has 0 fully saturated rings. The molecule has 0 saturated heterocycles. The molecule has 178 valence electrons. The van der Waals surface area contributed by atoms with E-state index in [1.165, 1.54) is 29.2 Å². The first-order valence-electron chi connectivity index (χ1n) is 10.3. The predicted molar refractivity (Wildman–Crippen MR) is 130 cm³/mol. The zero-order valence-corrected chi connectivity index (χ0v) is 19.5. The number of para-hydroxylation sites is 1. The number of amides is 2. The fraction of sp³-hybridized carbons (Fsp3) is 0.167. The third kappa shape index (κ3) is 7.12. The van der Waals surface area contributed by atoms with Gasteiger partial charge in [0.1, 0.15) is 5.82 Å². The summed E-state index contributed by atoms with van der Waals surface area (Å²) in [6.45, 7) is 1.45. The molecule has 3 aromatic carbocycles. The highest BCUT2D eigenvalue weighted by Gasteiger charge is 2.19. The van der Waals surface area contributed by atoms with E-state index in [0.29, 0.717) is 22.6 Å². The van der Waals surface area contributed by atoms with Crippen LogP contribution in [0.1, 0.15) is 5.56 Å². The number of likely N-dealkylation sites (N-methyl/N-ethyl adjacent to an activating group) is 1. The number of hydrogen-bond donors (Lipinski definition) is 3. The number of rotatable bonds is 9. The quantitative estimate of drug-likeness (QED) is 0.431. The third-order valence-electron chi connectivity index (χ3n) is 4.72. The molecule has 0 aliphatic heterocycles. The van der Waals surface area contributed by atoms with Crippen LogP contribution in [0, 0.1) is 12.7 Å². The Kier molecular flexibility index (Phi) is 7.98. The largest absolute Gasteiger partial charge is 0.325 e. The molecule has 3 rings (SSSR count). The van der Waals surface area contributed by atoms with Gasteiger partial charge >= 0.3 is 0 Å². The normalized spacial score (nSPS) is 11.2. The van der Waals surface area contributed by atoms with Crippen molar-refractivity contribution in [1.82, 2.24) is 4.90 Å². The van der Waals surface area contributed by atoms with E-state index in [0.717, 1.165) is 0 Å². The molecule has 0 bridgehead atoms. The van der Waals surface area contributed by atoms with Crippen LogP contribution in [0.2, 0.25) is 0 Å². The fourth-order valence-electron chi connectivity index (χ4n) is 3.20. The highest BCUT2D eigenvalue weighted by Crippen LogP contribution is 2.23. The van der Waals surface area contributed by atoms with Crippen molar-refractivity contribution >= 4 is 38.9 Å². The van der Waals surface area contributed by atoms with Crippen molar-refractivity contribution in [1.29, 1.82) is 0 Å². The first-order chi connectivity index (χ1) is 16.1. The topological polar surface area (TPSA) is 108 Å². The van der Waals surface area contributed by atoms with Crippen LogP contribution in [0.5, 0.6) is 0 Å². The SMILES string of the molecule is Cc1ccc(NC(=O)CN(C)CC(=O)Nc2cccc(F)c2)cc1S(=O)(=O)Nc1ccccc1. The molecule has 0 saturated carbocycles. The molecule has 0 atom stereocenters. The molecule has 2 amide bonds. The standard InChI is InChI=1S/C24H25FN4O4S/c1-17-11-12-21(14-22(17)34(32,33)28-19-8-4-3-5-9-19)27-24(31)16-29(2)15-23(30)26-20-10-6-7-18(25)13-20/h3-14,28H,15-16H2,1-2H3,(H,26,30)(H,27,31). The van der Waals surface area contributed by atoms with Crippen LogP contribution in [0.15, 0.2) is 77.7 Å². The first-order valence-corrected chi connectivity index (χ1v) is 11.8. The van der Waals surface area contributed by atoms with Crippen LogP contribution < -0.4 is 15.4 Å². The molecule has 3 N–H and O–H groups in total. The summed E-state index contributed by atoms with van der Waals surface area (Å²) in [5, 5.41) is 5.21. The van der Waals surface area contributed by atoms with Crippen molar-refractivity contribution in [3.8, 4) is 0 Å². The lowest BCUT2D eigenvalue weighted by atomic mass is 10.2. The molecular formula is C24H25FN4O4S. The molecule has 0 radical (unpaired) electrons. The minimum Gasteiger partial charge on any atom is -0.325 e. The van der Waals surface area contributed by atoms with Crippen molar-refractivity contribution in [3.63, 3.8) is 0 Å². The van der Waals surface area contributed by atoms with E-state index in [2.05, 4.69) is 15.4 Å². The summed E-state index contributed by atoms with van der Waals surface area (Å²) >= 11 is 0. The van der Waals surface area contributed by atoms with Gasteiger partial charge in [0.15, 0.2) is 0 Å². The fourth-order valence-corrected chi connectivity index (χ4v) is 4.53. The van der Waals surface area contributed by atoms with E-state index in [9.17, 15) is 22.4 Å². The minimum absolute atomic E-state index is 0.0389. The lowest BCUT2D eigenvalue weighted by Gasteiger charge is -2.17. The Balaban J connectivity index is 1.59. The van der Waals surface area contributed by atoms with Gasteiger partial charge in [0, 0.05) is 17.1 Å². The molecule has 0 unspecified atom stereocenters. The van der Waals surface area contributed by atoms with Gasteiger partial charge in [-0.05, 0) is 62.0 Å². The van der Waals surface area contributed by atoms with E-state index < -0.39 is 27.7 Å². The molecule has 8 nitrogen and oxygen atoms in total. The average molecular weight is 485 g/mol. The zero-order chi connectivity index (χ0) is 24.7. The van der Waals surface area contributed by atoms with Crippen LogP contribution in [-0.4, -0.2) is 45.3 Å². The monoisotopic (exact) mass is 484 g/mol. The van der Waals surface area contributed by atoms with Gasteiger partial charge in [-0.25, -0.2) is 12.8 Å². The summed E-state index contributed by atoms with van der Waals surface area (Å²) in [7, 11) is -2.28. The van der Waals surface area contributed by atoms with Crippen LogP contribution in [0.4, 0.5) is 21.5 Å². The molecule has 0 heterocycles. The second-order valence-electron chi connectivity index (χ2n) is 7.73. The predicted octanol–water partition coefficient (Wildman–Crippen LogP) is 3.44. The van der Waals surface area contributed by atoms with Gasteiger partial charge in [0.25, 0.3) is 10.0 Å². The number of nitrogens with zero attached hydrogens (tertiary/aromatic N) is 1. The van der Waals surface area contributed by atoms with Crippen LogP contribution >= 0.6 is 0 Å². The summed E-state index contributed by atoms with van der Waals surface area (Å²) in [6, 6.07) is 18.6. The molecule has 0 spiro atoms. The second-order valence-corrected chi connectivity index (χ2v) is 9.38. The number of aryl methyl sites for hydroxylation is 1. The Morgan fingerprint density at radius 2 is 1.41 bits per heavy atom. The van der Waals surface area contributed by atoms with Gasteiger partial charge in [0.2, 0.25) is 11.8 Å². The maximum Gasteiger partial charge on any atom is 0.262 e. The van der Waals surface area contributed by atoms with Crippen LogP contribution in [0.3, 0.4) is 0 Å². The minimum atomic E-state index is -3.87.